The first-order chi connectivity index (χ1) is 17.3. The second-order valence-corrected chi connectivity index (χ2v) is 9.39. The van der Waals surface area contributed by atoms with Crippen LogP contribution in [-0.4, -0.2) is 54.3 Å². The van der Waals surface area contributed by atoms with Crippen molar-refractivity contribution in [3.63, 3.8) is 0 Å². The number of rotatable bonds is 9. The zero-order chi connectivity index (χ0) is 26.0. The third-order valence-electron chi connectivity index (χ3n) is 7.15. The molecule has 0 N–H and O–H groups in total. The maximum Gasteiger partial charge on any atom is 0.333 e. The lowest BCUT2D eigenvalue weighted by Crippen LogP contribution is -2.40. The lowest BCUT2D eigenvalue weighted by Gasteiger charge is -2.37. The van der Waals surface area contributed by atoms with Crippen LogP contribution in [-0.2, 0) is 14.3 Å². The molecule has 1 aliphatic heterocycles. The largest absolute Gasteiger partial charge is 0.496 e. The lowest BCUT2D eigenvalue weighted by molar-refractivity contribution is -0.115. The van der Waals surface area contributed by atoms with Crippen LogP contribution in [0, 0.1) is 6.92 Å². The second-order valence-electron chi connectivity index (χ2n) is 9.39. The molecular weight excluding hydrogens is 468 g/mol. The number of fused-ring (bicyclic) bond motifs is 1. The van der Waals surface area contributed by atoms with Gasteiger partial charge in [0.1, 0.15) is 5.76 Å². The number of aromatic nitrogens is 2. The van der Waals surface area contributed by atoms with Gasteiger partial charge in [-0.25, -0.2) is 4.68 Å². The standard InChI is InChI=1S/C27H33F2N3O4/c1-5-31(18-8-10-36-11-9-18)26-17(3)20(14-22-21(26)15-30-32(22)27(28)29)23(33)7-6-19-24(34)12-16(2)13-25(19)35-4/h13-15,18,27H,5-12H2,1-4H3. The predicted octanol–water partition coefficient (Wildman–Crippen LogP) is 5.53. The number of alkyl halides is 2. The van der Waals surface area contributed by atoms with Crippen molar-refractivity contribution in [3.8, 4) is 0 Å². The molecule has 4 rings (SSSR count). The molecule has 0 radical (unpaired) electrons. The molecule has 0 saturated carbocycles. The Morgan fingerprint density at radius 2 is 2.03 bits per heavy atom. The van der Waals surface area contributed by atoms with Gasteiger partial charge in [0.25, 0.3) is 0 Å². The SMILES string of the molecule is CCN(c1c(C)c(C(=O)CCC2=C(OC)C=C(C)CC2=O)cc2c1cnn2C(F)F)C1CCOCC1. The molecule has 1 aromatic carbocycles. The molecule has 0 amide bonds. The summed E-state index contributed by atoms with van der Waals surface area (Å²) in [6.45, 7) is 4.85. The van der Waals surface area contributed by atoms with Gasteiger partial charge >= 0.3 is 6.55 Å². The Balaban J connectivity index is 1.75. The molecule has 1 fully saturated rings. The van der Waals surface area contributed by atoms with E-state index in [1.54, 1.807) is 0 Å². The summed E-state index contributed by atoms with van der Waals surface area (Å²) < 4.78 is 39.2. The Kier molecular flexibility index (Phi) is 7.88. The molecule has 7 nitrogen and oxygen atoms in total. The average Bonchev–Trinajstić information content (AvgIpc) is 3.29. The fourth-order valence-electron chi connectivity index (χ4n) is 5.36. The van der Waals surface area contributed by atoms with E-state index < -0.39 is 6.55 Å². The van der Waals surface area contributed by atoms with E-state index in [4.69, 9.17) is 9.47 Å². The Morgan fingerprint density at radius 1 is 1.31 bits per heavy atom. The average molecular weight is 502 g/mol. The number of carbonyl (C=O) groups excluding carboxylic acids is 2. The summed E-state index contributed by atoms with van der Waals surface area (Å²) >= 11 is 0. The molecule has 1 aromatic heterocycles. The number of anilines is 1. The smallest absolute Gasteiger partial charge is 0.333 e. The maximum absolute atomic E-state index is 13.8. The van der Waals surface area contributed by atoms with Crippen molar-refractivity contribution in [2.45, 2.75) is 65.5 Å². The van der Waals surface area contributed by atoms with Gasteiger partial charge in [0.15, 0.2) is 11.6 Å². The minimum absolute atomic E-state index is 0.0556. The first-order valence-corrected chi connectivity index (χ1v) is 12.4. The highest BCUT2D eigenvalue weighted by Gasteiger charge is 2.29. The van der Waals surface area contributed by atoms with Crippen molar-refractivity contribution < 1.29 is 27.8 Å². The number of halogens is 2. The molecule has 2 aliphatic rings. The number of hydrogen-bond donors (Lipinski definition) is 0. The first kappa shape index (κ1) is 26.0. The van der Waals surface area contributed by atoms with Crippen LogP contribution in [0.2, 0.25) is 0 Å². The summed E-state index contributed by atoms with van der Waals surface area (Å²) in [7, 11) is 1.50. The minimum atomic E-state index is -2.83. The summed E-state index contributed by atoms with van der Waals surface area (Å²) in [5.74, 6) is 0.222. The summed E-state index contributed by atoms with van der Waals surface area (Å²) in [5, 5.41) is 4.55. The quantitative estimate of drug-likeness (QED) is 0.421. The van der Waals surface area contributed by atoms with Gasteiger partial charge in [-0.15, -0.1) is 0 Å². The number of ketones is 2. The van der Waals surface area contributed by atoms with Crippen LogP contribution < -0.4 is 4.90 Å². The van der Waals surface area contributed by atoms with Crippen LogP contribution in [0.4, 0.5) is 14.5 Å². The van der Waals surface area contributed by atoms with Crippen molar-refractivity contribution in [1.29, 1.82) is 0 Å². The van der Waals surface area contributed by atoms with Gasteiger partial charge in [-0.1, -0.05) is 5.57 Å². The molecule has 1 aliphatic carbocycles. The van der Waals surface area contributed by atoms with Crippen LogP contribution in [0.5, 0.6) is 0 Å². The topological polar surface area (TPSA) is 73.7 Å². The predicted molar refractivity (Wildman–Crippen MR) is 134 cm³/mol. The zero-order valence-corrected chi connectivity index (χ0v) is 21.3. The molecule has 36 heavy (non-hydrogen) atoms. The van der Waals surface area contributed by atoms with E-state index in [0.29, 0.717) is 53.1 Å². The number of methoxy groups -OCH3 is 1. The van der Waals surface area contributed by atoms with E-state index in [1.165, 1.54) is 19.4 Å². The number of nitrogens with zero attached hydrogens (tertiary/aromatic N) is 3. The van der Waals surface area contributed by atoms with Gasteiger partial charge in [-0.2, -0.15) is 13.9 Å². The molecule has 1 saturated heterocycles. The van der Waals surface area contributed by atoms with Crippen molar-refractivity contribution in [2.75, 3.05) is 31.8 Å². The molecule has 2 heterocycles. The number of Topliss-reactive ketones (excluding diaryl/α,β-unsaturated/α-hetero) is 2. The van der Waals surface area contributed by atoms with Crippen LogP contribution in [0.1, 0.15) is 68.4 Å². The van der Waals surface area contributed by atoms with Gasteiger partial charge in [-0.3, -0.25) is 9.59 Å². The fraction of sp³-hybridized carbons (Fsp3) is 0.519. The highest BCUT2D eigenvalue weighted by atomic mass is 19.3. The highest BCUT2D eigenvalue weighted by molar-refractivity contribution is 6.07. The van der Waals surface area contributed by atoms with E-state index in [0.717, 1.165) is 29.7 Å². The van der Waals surface area contributed by atoms with Crippen molar-refractivity contribution >= 4 is 28.2 Å². The first-order valence-electron chi connectivity index (χ1n) is 12.4. The number of ether oxygens (including phenoxy) is 2. The summed E-state index contributed by atoms with van der Waals surface area (Å²) in [5.41, 5.74) is 3.50. The fourth-order valence-corrected chi connectivity index (χ4v) is 5.36. The number of benzene rings is 1. The molecule has 9 heteroatoms. The van der Waals surface area contributed by atoms with Crippen molar-refractivity contribution in [2.24, 2.45) is 0 Å². The summed E-state index contributed by atoms with van der Waals surface area (Å²) in [6.07, 6.45) is 5.52. The van der Waals surface area contributed by atoms with Crippen molar-refractivity contribution in [3.05, 3.63) is 46.4 Å². The van der Waals surface area contributed by atoms with E-state index in [-0.39, 0.29) is 36.0 Å². The van der Waals surface area contributed by atoms with Crippen LogP contribution in [0.15, 0.2) is 35.2 Å². The van der Waals surface area contributed by atoms with E-state index in [9.17, 15) is 18.4 Å². The van der Waals surface area contributed by atoms with E-state index in [2.05, 4.69) is 10.00 Å². The number of allylic oxidation sites excluding steroid dienone is 3. The maximum atomic E-state index is 13.8. The van der Waals surface area contributed by atoms with Gasteiger partial charge < -0.3 is 14.4 Å². The van der Waals surface area contributed by atoms with Crippen molar-refractivity contribution in [1.82, 2.24) is 9.78 Å². The summed E-state index contributed by atoms with van der Waals surface area (Å²) in [4.78, 5) is 28.3. The molecule has 194 valence electrons. The second kappa shape index (κ2) is 10.9. The number of carbonyl (C=O) groups is 2. The van der Waals surface area contributed by atoms with Crippen LogP contribution >= 0.6 is 0 Å². The zero-order valence-electron chi connectivity index (χ0n) is 21.3. The highest BCUT2D eigenvalue weighted by Crippen LogP contribution is 2.38. The van der Waals surface area contributed by atoms with E-state index in [1.807, 2.05) is 26.8 Å². The molecule has 0 atom stereocenters. The third kappa shape index (κ3) is 4.93. The normalized spacial score (nSPS) is 17.2. The third-order valence-corrected chi connectivity index (χ3v) is 7.15. The Hall–Kier alpha value is -3.07. The molecule has 2 aromatic rings. The van der Waals surface area contributed by atoms with Gasteiger partial charge in [0.05, 0.1) is 24.5 Å². The Labute approximate surface area is 209 Å². The molecule has 0 spiro atoms. The summed E-state index contributed by atoms with van der Waals surface area (Å²) in [6, 6.07) is 1.70. The van der Waals surface area contributed by atoms with E-state index >= 15 is 0 Å². The van der Waals surface area contributed by atoms with Crippen LogP contribution in [0.25, 0.3) is 10.9 Å². The monoisotopic (exact) mass is 501 g/mol. The van der Waals surface area contributed by atoms with Crippen LogP contribution in [0.3, 0.4) is 0 Å². The van der Waals surface area contributed by atoms with Gasteiger partial charge in [0, 0.05) is 55.2 Å². The number of hydrogen-bond acceptors (Lipinski definition) is 6. The Bertz CT molecular complexity index is 1230. The lowest BCUT2D eigenvalue weighted by atomic mass is 9.90. The molecular formula is C27H33F2N3O4. The molecule has 0 unspecified atom stereocenters. The van der Waals surface area contributed by atoms with Gasteiger partial charge in [0.2, 0.25) is 0 Å². The Morgan fingerprint density at radius 3 is 2.67 bits per heavy atom. The van der Waals surface area contributed by atoms with Gasteiger partial charge in [-0.05, 0) is 57.7 Å². The molecule has 0 bridgehead atoms. The minimum Gasteiger partial charge on any atom is -0.496 e.